The summed E-state index contributed by atoms with van der Waals surface area (Å²) in [6, 6.07) is 5.61. The normalized spacial score (nSPS) is 10.1. The molecule has 3 nitrogen and oxygen atoms in total. The second-order valence-electron chi connectivity index (χ2n) is 3.76. The molecule has 1 aromatic carbocycles. The minimum absolute atomic E-state index is 0.486. The Morgan fingerprint density at radius 1 is 1.25 bits per heavy atom. The minimum atomic E-state index is -1.24. The van der Waals surface area contributed by atoms with Crippen molar-refractivity contribution < 1.29 is 14.6 Å². The van der Waals surface area contributed by atoms with Crippen molar-refractivity contribution in [3.05, 3.63) is 29.3 Å². The summed E-state index contributed by atoms with van der Waals surface area (Å²) in [6.45, 7) is 4.19. The minimum Gasteiger partial charge on any atom is -0.449 e. The summed E-state index contributed by atoms with van der Waals surface area (Å²) in [4.78, 5) is 10.6. The molecule has 0 fully saturated rings. The third-order valence-corrected chi connectivity index (χ3v) is 2.45. The second kappa shape index (κ2) is 6.16. The highest BCUT2D eigenvalue weighted by Gasteiger charge is 2.10. The first-order valence-electron chi connectivity index (χ1n) is 5.70. The van der Waals surface area contributed by atoms with Crippen molar-refractivity contribution in [3.8, 4) is 5.75 Å². The Morgan fingerprint density at radius 3 is 2.50 bits per heavy atom. The Hall–Kier alpha value is -1.51. The van der Waals surface area contributed by atoms with Crippen LogP contribution in [0, 0.1) is 0 Å². The van der Waals surface area contributed by atoms with Gasteiger partial charge in [-0.25, -0.2) is 4.79 Å². The van der Waals surface area contributed by atoms with E-state index in [1.807, 2.05) is 12.1 Å². The molecule has 0 saturated heterocycles. The average molecular weight is 222 g/mol. The number of benzene rings is 1. The van der Waals surface area contributed by atoms with Crippen molar-refractivity contribution in [2.75, 3.05) is 0 Å². The molecule has 0 saturated carbocycles. The van der Waals surface area contributed by atoms with Gasteiger partial charge in [-0.05, 0) is 30.0 Å². The number of carboxylic acid groups (broad SMARTS) is 1. The van der Waals surface area contributed by atoms with Crippen LogP contribution in [0.2, 0.25) is 0 Å². The van der Waals surface area contributed by atoms with Crippen LogP contribution in [0.5, 0.6) is 5.75 Å². The Labute approximate surface area is 96.1 Å². The van der Waals surface area contributed by atoms with Gasteiger partial charge in [0.1, 0.15) is 5.75 Å². The van der Waals surface area contributed by atoms with Gasteiger partial charge < -0.3 is 9.84 Å². The van der Waals surface area contributed by atoms with Crippen LogP contribution in [-0.4, -0.2) is 11.3 Å². The van der Waals surface area contributed by atoms with Crippen molar-refractivity contribution in [2.24, 2.45) is 0 Å². The Balaban J connectivity index is 3.04. The van der Waals surface area contributed by atoms with Gasteiger partial charge in [0, 0.05) is 0 Å². The molecule has 0 heterocycles. The first kappa shape index (κ1) is 12.6. The predicted molar refractivity (Wildman–Crippen MR) is 63.1 cm³/mol. The van der Waals surface area contributed by atoms with Crippen LogP contribution in [-0.2, 0) is 12.8 Å². The van der Waals surface area contributed by atoms with E-state index in [1.54, 1.807) is 6.07 Å². The monoisotopic (exact) mass is 222 g/mol. The second-order valence-corrected chi connectivity index (χ2v) is 3.76. The number of hydrogen-bond acceptors (Lipinski definition) is 2. The third-order valence-electron chi connectivity index (χ3n) is 2.45. The van der Waals surface area contributed by atoms with E-state index < -0.39 is 6.16 Å². The molecule has 0 unspecified atom stereocenters. The van der Waals surface area contributed by atoms with Crippen molar-refractivity contribution in [1.29, 1.82) is 0 Å². The number of ether oxygens (including phenoxy) is 1. The average Bonchev–Trinajstić information content (AvgIpc) is 2.22. The highest BCUT2D eigenvalue weighted by molar-refractivity contribution is 5.62. The highest BCUT2D eigenvalue weighted by atomic mass is 16.7. The molecule has 0 spiro atoms. The van der Waals surface area contributed by atoms with E-state index in [9.17, 15) is 4.79 Å². The standard InChI is InChI=1S/C13H18O3/c1-3-6-10-8-5-9-12(16-13(14)15)11(10)7-4-2/h5,8-9H,3-4,6-7H2,1-2H3,(H,14,15). The van der Waals surface area contributed by atoms with E-state index in [4.69, 9.17) is 9.84 Å². The Bertz CT molecular complexity index is 358. The molecule has 88 valence electrons. The molecule has 3 heteroatoms. The molecule has 0 aromatic heterocycles. The summed E-state index contributed by atoms with van der Waals surface area (Å²) in [6.07, 6.45) is 2.61. The number of carbonyl (C=O) groups is 1. The Kier molecular flexibility index (Phi) is 4.83. The zero-order valence-corrected chi connectivity index (χ0v) is 9.82. The van der Waals surface area contributed by atoms with Gasteiger partial charge >= 0.3 is 6.16 Å². The van der Waals surface area contributed by atoms with Crippen LogP contribution in [0.1, 0.15) is 37.8 Å². The molecular weight excluding hydrogens is 204 g/mol. The maximum absolute atomic E-state index is 10.6. The molecule has 0 aliphatic heterocycles. The van der Waals surface area contributed by atoms with E-state index in [1.165, 1.54) is 5.56 Å². The fourth-order valence-corrected chi connectivity index (χ4v) is 1.84. The lowest BCUT2D eigenvalue weighted by atomic mass is 9.99. The number of aryl methyl sites for hydroxylation is 1. The zero-order chi connectivity index (χ0) is 12.0. The van der Waals surface area contributed by atoms with Crippen molar-refractivity contribution in [1.82, 2.24) is 0 Å². The van der Waals surface area contributed by atoms with E-state index in [-0.39, 0.29) is 0 Å². The topological polar surface area (TPSA) is 46.5 Å². The summed E-state index contributed by atoms with van der Waals surface area (Å²) in [5.74, 6) is 0.486. The molecule has 0 aliphatic carbocycles. The van der Waals surface area contributed by atoms with E-state index in [2.05, 4.69) is 13.8 Å². The summed E-state index contributed by atoms with van der Waals surface area (Å²) >= 11 is 0. The first-order chi connectivity index (χ1) is 7.69. The van der Waals surface area contributed by atoms with Gasteiger partial charge in [0.25, 0.3) is 0 Å². The smallest absolute Gasteiger partial charge is 0.449 e. The van der Waals surface area contributed by atoms with Crippen LogP contribution in [0.3, 0.4) is 0 Å². The lowest BCUT2D eigenvalue weighted by molar-refractivity contribution is 0.144. The Morgan fingerprint density at radius 2 is 1.94 bits per heavy atom. The van der Waals surface area contributed by atoms with Gasteiger partial charge in [0.05, 0.1) is 0 Å². The first-order valence-corrected chi connectivity index (χ1v) is 5.70. The molecular formula is C13H18O3. The van der Waals surface area contributed by atoms with Gasteiger partial charge in [0.15, 0.2) is 0 Å². The summed E-state index contributed by atoms with van der Waals surface area (Å²) in [5, 5.41) is 8.66. The van der Waals surface area contributed by atoms with Crippen LogP contribution in [0.25, 0.3) is 0 Å². The zero-order valence-electron chi connectivity index (χ0n) is 9.82. The van der Waals surface area contributed by atoms with Crippen LogP contribution < -0.4 is 4.74 Å². The summed E-state index contributed by atoms with van der Waals surface area (Å²) in [5.41, 5.74) is 2.23. The lowest BCUT2D eigenvalue weighted by Crippen LogP contribution is -2.07. The van der Waals surface area contributed by atoms with E-state index >= 15 is 0 Å². The van der Waals surface area contributed by atoms with Crippen LogP contribution >= 0.6 is 0 Å². The predicted octanol–water partition coefficient (Wildman–Crippen LogP) is 3.65. The van der Waals surface area contributed by atoms with Crippen LogP contribution in [0.15, 0.2) is 18.2 Å². The summed E-state index contributed by atoms with van der Waals surface area (Å²) in [7, 11) is 0. The molecule has 1 N–H and O–H groups in total. The van der Waals surface area contributed by atoms with Crippen LogP contribution in [0.4, 0.5) is 4.79 Å². The van der Waals surface area contributed by atoms with E-state index in [0.717, 1.165) is 31.2 Å². The summed E-state index contributed by atoms with van der Waals surface area (Å²) < 4.78 is 4.80. The highest BCUT2D eigenvalue weighted by Crippen LogP contribution is 2.25. The van der Waals surface area contributed by atoms with Crippen molar-refractivity contribution in [3.63, 3.8) is 0 Å². The van der Waals surface area contributed by atoms with Crippen molar-refractivity contribution in [2.45, 2.75) is 39.5 Å². The molecule has 0 atom stereocenters. The van der Waals surface area contributed by atoms with E-state index in [0.29, 0.717) is 5.75 Å². The molecule has 0 radical (unpaired) electrons. The molecule has 0 bridgehead atoms. The van der Waals surface area contributed by atoms with Gasteiger partial charge in [-0.3, -0.25) is 0 Å². The largest absolute Gasteiger partial charge is 0.511 e. The lowest BCUT2D eigenvalue weighted by Gasteiger charge is -2.12. The van der Waals surface area contributed by atoms with Crippen molar-refractivity contribution >= 4 is 6.16 Å². The third kappa shape index (κ3) is 3.26. The molecule has 0 aliphatic rings. The van der Waals surface area contributed by atoms with Gasteiger partial charge in [-0.1, -0.05) is 38.8 Å². The van der Waals surface area contributed by atoms with Gasteiger partial charge in [-0.2, -0.15) is 0 Å². The maximum atomic E-state index is 10.6. The maximum Gasteiger partial charge on any atom is 0.511 e. The van der Waals surface area contributed by atoms with Gasteiger partial charge in [0.2, 0.25) is 0 Å². The quantitative estimate of drug-likeness (QED) is 0.611. The fourth-order valence-electron chi connectivity index (χ4n) is 1.84. The SMILES string of the molecule is CCCc1cccc(OC(=O)O)c1CCC. The molecule has 1 aromatic rings. The molecule has 0 amide bonds. The molecule has 1 rings (SSSR count). The number of rotatable bonds is 5. The fraction of sp³-hybridized carbons (Fsp3) is 0.462. The number of hydrogen-bond donors (Lipinski definition) is 1. The molecule has 16 heavy (non-hydrogen) atoms. The van der Waals surface area contributed by atoms with Gasteiger partial charge in [-0.15, -0.1) is 0 Å².